The van der Waals surface area contributed by atoms with Crippen molar-refractivity contribution in [2.75, 3.05) is 11.9 Å². The summed E-state index contributed by atoms with van der Waals surface area (Å²) in [5.41, 5.74) is 0.415. The Labute approximate surface area is 133 Å². The fraction of sp³-hybridized carbons (Fsp3) is 0.467. The van der Waals surface area contributed by atoms with Crippen molar-refractivity contribution in [2.24, 2.45) is 0 Å². The van der Waals surface area contributed by atoms with Crippen LogP contribution in [-0.2, 0) is 4.79 Å². The van der Waals surface area contributed by atoms with Crippen molar-refractivity contribution in [3.05, 3.63) is 33.9 Å². The molecule has 0 unspecified atom stereocenters. The van der Waals surface area contributed by atoms with Gasteiger partial charge >= 0.3 is 0 Å². The number of carbonyl (C=O) groups is 2. The molecule has 0 bridgehead atoms. The van der Waals surface area contributed by atoms with E-state index in [2.05, 4.69) is 16.0 Å². The summed E-state index contributed by atoms with van der Waals surface area (Å²) in [4.78, 5) is 34.2. The van der Waals surface area contributed by atoms with E-state index in [1.165, 1.54) is 18.2 Å². The molecule has 0 atom stereocenters. The highest BCUT2D eigenvalue weighted by molar-refractivity contribution is 5.97. The number of nitro benzene ring substituents is 1. The molecular weight excluding hydrogens is 300 g/mol. The third-order valence-corrected chi connectivity index (χ3v) is 3.25. The van der Waals surface area contributed by atoms with Crippen molar-refractivity contribution in [3.8, 4) is 0 Å². The molecule has 3 N–H and O–H groups in total. The minimum Gasteiger partial charge on any atom is -0.377 e. The van der Waals surface area contributed by atoms with Gasteiger partial charge in [-0.15, -0.1) is 0 Å². The zero-order valence-corrected chi connectivity index (χ0v) is 13.1. The summed E-state index contributed by atoms with van der Waals surface area (Å²) in [5.74, 6) is -0.833. The first-order valence-corrected chi connectivity index (χ1v) is 7.49. The molecule has 0 spiro atoms. The maximum Gasteiger partial charge on any atom is 0.293 e. The van der Waals surface area contributed by atoms with E-state index in [0.717, 1.165) is 12.8 Å². The SMILES string of the molecule is CC(C)NC(=O)CNC(=O)c1ccc(NC2CC2)c([N+](=O)[O-])c1. The van der Waals surface area contributed by atoms with Crippen molar-refractivity contribution >= 4 is 23.2 Å². The van der Waals surface area contributed by atoms with E-state index < -0.39 is 10.8 Å². The average Bonchev–Trinajstić information content (AvgIpc) is 3.28. The Balaban J connectivity index is 2.03. The van der Waals surface area contributed by atoms with Crippen molar-refractivity contribution < 1.29 is 14.5 Å². The zero-order chi connectivity index (χ0) is 17.0. The number of amides is 2. The predicted molar refractivity (Wildman–Crippen MR) is 85.4 cm³/mol. The number of hydrogen-bond acceptors (Lipinski definition) is 5. The maximum absolute atomic E-state index is 12.0. The van der Waals surface area contributed by atoms with Crippen LogP contribution in [0.15, 0.2) is 18.2 Å². The number of nitrogens with one attached hydrogen (secondary N) is 3. The first-order chi connectivity index (χ1) is 10.9. The highest BCUT2D eigenvalue weighted by Crippen LogP contribution is 2.31. The Morgan fingerprint density at radius 1 is 1.35 bits per heavy atom. The van der Waals surface area contributed by atoms with Gasteiger partial charge in [0.25, 0.3) is 11.6 Å². The molecule has 2 rings (SSSR count). The quantitative estimate of drug-likeness (QED) is 0.519. The summed E-state index contributed by atoms with van der Waals surface area (Å²) in [5, 5.41) is 19.3. The van der Waals surface area contributed by atoms with Crippen LogP contribution in [0.3, 0.4) is 0 Å². The van der Waals surface area contributed by atoms with Crippen molar-refractivity contribution in [1.29, 1.82) is 0 Å². The minimum atomic E-state index is -0.523. The Morgan fingerprint density at radius 2 is 2.04 bits per heavy atom. The van der Waals surface area contributed by atoms with Gasteiger partial charge in [0.2, 0.25) is 5.91 Å². The molecule has 0 aliphatic heterocycles. The molecule has 1 aromatic carbocycles. The minimum absolute atomic E-state index is 0.0201. The van der Waals surface area contributed by atoms with E-state index in [1.807, 2.05) is 13.8 Å². The molecule has 8 nitrogen and oxygen atoms in total. The summed E-state index contributed by atoms with van der Waals surface area (Å²) in [6, 6.07) is 4.51. The summed E-state index contributed by atoms with van der Waals surface area (Å²) < 4.78 is 0. The van der Waals surface area contributed by atoms with Gasteiger partial charge in [-0.25, -0.2) is 0 Å². The van der Waals surface area contributed by atoms with Gasteiger partial charge in [-0.1, -0.05) is 0 Å². The van der Waals surface area contributed by atoms with E-state index in [1.54, 1.807) is 0 Å². The summed E-state index contributed by atoms with van der Waals surface area (Å²) in [6.07, 6.45) is 1.98. The lowest BCUT2D eigenvalue weighted by atomic mass is 10.1. The van der Waals surface area contributed by atoms with Crippen LogP contribution in [0.5, 0.6) is 0 Å². The van der Waals surface area contributed by atoms with Gasteiger partial charge in [0.05, 0.1) is 11.5 Å². The van der Waals surface area contributed by atoms with Crippen LogP contribution in [-0.4, -0.2) is 35.4 Å². The predicted octanol–water partition coefficient (Wildman–Crippen LogP) is 1.42. The highest BCUT2D eigenvalue weighted by atomic mass is 16.6. The normalized spacial score (nSPS) is 13.5. The van der Waals surface area contributed by atoms with Crippen molar-refractivity contribution in [1.82, 2.24) is 10.6 Å². The zero-order valence-electron chi connectivity index (χ0n) is 13.1. The Kier molecular flexibility index (Phi) is 5.15. The molecule has 0 radical (unpaired) electrons. The molecule has 23 heavy (non-hydrogen) atoms. The Morgan fingerprint density at radius 3 is 2.61 bits per heavy atom. The van der Waals surface area contributed by atoms with Crippen LogP contribution < -0.4 is 16.0 Å². The molecule has 1 saturated carbocycles. The third-order valence-electron chi connectivity index (χ3n) is 3.25. The number of anilines is 1. The first kappa shape index (κ1) is 16.7. The van der Waals surface area contributed by atoms with E-state index in [4.69, 9.17) is 0 Å². The number of nitrogens with zero attached hydrogens (tertiary/aromatic N) is 1. The molecule has 1 aromatic rings. The van der Waals surface area contributed by atoms with Crippen LogP contribution in [0.1, 0.15) is 37.0 Å². The molecule has 0 aromatic heterocycles. The second kappa shape index (κ2) is 7.08. The number of nitro groups is 1. The summed E-state index contributed by atoms with van der Waals surface area (Å²) in [7, 11) is 0. The lowest BCUT2D eigenvalue weighted by Crippen LogP contribution is -2.39. The summed E-state index contributed by atoms with van der Waals surface area (Å²) >= 11 is 0. The van der Waals surface area contributed by atoms with Crippen LogP contribution in [0.25, 0.3) is 0 Å². The Bertz CT molecular complexity index is 626. The number of hydrogen-bond donors (Lipinski definition) is 3. The third kappa shape index (κ3) is 4.94. The van der Waals surface area contributed by atoms with Crippen LogP contribution in [0, 0.1) is 10.1 Å². The molecular formula is C15H20N4O4. The van der Waals surface area contributed by atoms with E-state index in [9.17, 15) is 19.7 Å². The van der Waals surface area contributed by atoms with Crippen LogP contribution in [0.2, 0.25) is 0 Å². The monoisotopic (exact) mass is 320 g/mol. The molecule has 1 aliphatic rings. The molecule has 0 heterocycles. The topological polar surface area (TPSA) is 113 Å². The van der Waals surface area contributed by atoms with Gasteiger partial charge < -0.3 is 16.0 Å². The van der Waals surface area contributed by atoms with Crippen LogP contribution >= 0.6 is 0 Å². The van der Waals surface area contributed by atoms with Gasteiger partial charge in [0, 0.05) is 23.7 Å². The van der Waals surface area contributed by atoms with E-state index >= 15 is 0 Å². The number of benzene rings is 1. The first-order valence-electron chi connectivity index (χ1n) is 7.49. The molecule has 0 saturated heterocycles. The molecule has 1 aliphatic carbocycles. The fourth-order valence-corrected chi connectivity index (χ4v) is 2.03. The average molecular weight is 320 g/mol. The molecule has 2 amide bonds. The van der Waals surface area contributed by atoms with Crippen molar-refractivity contribution in [3.63, 3.8) is 0 Å². The lowest BCUT2D eigenvalue weighted by molar-refractivity contribution is -0.384. The smallest absolute Gasteiger partial charge is 0.293 e. The second-order valence-electron chi connectivity index (χ2n) is 5.81. The van der Waals surface area contributed by atoms with Gasteiger partial charge in [0.15, 0.2) is 0 Å². The van der Waals surface area contributed by atoms with E-state index in [0.29, 0.717) is 5.69 Å². The lowest BCUT2D eigenvalue weighted by Gasteiger charge is -2.10. The second-order valence-corrected chi connectivity index (χ2v) is 5.81. The van der Waals surface area contributed by atoms with Gasteiger partial charge in [-0.3, -0.25) is 19.7 Å². The standard InChI is InChI=1S/C15H20N4O4/c1-9(2)17-14(20)8-16-15(21)10-3-6-12(18-11-4-5-11)13(7-10)19(22)23/h3,6-7,9,11,18H,4-5,8H2,1-2H3,(H,16,21)(H,17,20). The van der Waals surface area contributed by atoms with Gasteiger partial charge in [-0.05, 0) is 38.8 Å². The van der Waals surface area contributed by atoms with E-state index in [-0.39, 0.29) is 35.8 Å². The maximum atomic E-state index is 12.0. The largest absolute Gasteiger partial charge is 0.377 e. The summed E-state index contributed by atoms with van der Waals surface area (Å²) in [6.45, 7) is 3.45. The fourth-order valence-electron chi connectivity index (χ4n) is 2.03. The molecule has 8 heteroatoms. The van der Waals surface area contributed by atoms with Crippen LogP contribution in [0.4, 0.5) is 11.4 Å². The van der Waals surface area contributed by atoms with Gasteiger partial charge in [0.1, 0.15) is 5.69 Å². The molecule has 1 fully saturated rings. The highest BCUT2D eigenvalue weighted by Gasteiger charge is 2.25. The van der Waals surface area contributed by atoms with Gasteiger partial charge in [-0.2, -0.15) is 0 Å². The number of rotatable bonds is 7. The molecule has 124 valence electrons. The van der Waals surface area contributed by atoms with Crippen molar-refractivity contribution in [2.45, 2.75) is 38.8 Å². The number of carbonyl (C=O) groups excluding carboxylic acids is 2. The Hall–Kier alpha value is -2.64.